The van der Waals surface area contributed by atoms with Gasteiger partial charge in [0.25, 0.3) is 0 Å². The number of hydrazine groups is 2. The van der Waals surface area contributed by atoms with Crippen LogP contribution in [0.3, 0.4) is 0 Å². The van der Waals surface area contributed by atoms with Crippen molar-refractivity contribution in [2.45, 2.75) is 19.3 Å². The molecule has 0 amide bonds. The lowest BCUT2D eigenvalue weighted by atomic mass is 9.98. The van der Waals surface area contributed by atoms with E-state index in [0.717, 1.165) is 6.42 Å². The number of nitrogens with one attached hydrogen (secondary N) is 1. The van der Waals surface area contributed by atoms with Crippen LogP contribution in [0.1, 0.15) is 24.8 Å². The predicted octanol–water partition coefficient (Wildman–Crippen LogP) is 2.36. The van der Waals surface area contributed by atoms with Crippen LogP contribution in [0.2, 0.25) is 0 Å². The molecule has 0 saturated carbocycles. The summed E-state index contributed by atoms with van der Waals surface area (Å²) in [5, 5.41) is 0. The maximum Gasteiger partial charge on any atom is 0.0260 e. The smallest absolute Gasteiger partial charge is 0.0260 e. The highest BCUT2D eigenvalue weighted by Crippen LogP contribution is 2.31. The summed E-state index contributed by atoms with van der Waals surface area (Å²) in [6.45, 7) is 2.23. The molecule has 0 spiro atoms. The van der Waals surface area contributed by atoms with E-state index in [0.29, 0.717) is 5.92 Å². The molecule has 1 aliphatic heterocycles. The van der Waals surface area contributed by atoms with Gasteiger partial charge in [0.1, 0.15) is 0 Å². The highest BCUT2D eigenvalue weighted by atomic mass is 32.2. The molecule has 2 rings (SSSR count). The van der Waals surface area contributed by atoms with Crippen LogP contribution in [0.5, 0.6) is 0 Å². The van der Waals surface area contributed by atoms with E-state index in [1.807, 2.05) is 12.3 Å². The van der Waals surface area contributed by atoms with Crippen LogP contribution in [-0.2, 0) is 0 Å². The molecule has 0 saturated heterocycles. The van der Waals surface area contributed by atoms with Crippen molar-refractivity contribution in [3.63, 3.8) is 0 Å². The molecule has 3 nitrogen and oxygen atoms in total. The average molecular weight is 221 g/mol. The normalized spacial score (nSPS) is 18.4. The second-order valence-corrected chi connectivity index (χ2v) is 4.77. The molecule has 0 bridgehead atoms. The molecule has 0 aromatic heterocycles. The number of benzene rings is 1. The third-order valence-corrected chi connectivity index (χ3v) is 3.27. The second-order valence-electron chi connectivity index (χ2n) is 3.67. The zero-order chi connectivity index (χ0) is 10.7. The minimum atomic E-state index is 0.526. The first kappa shape index (κ1) is 10.5. The topological polar surface area (TPSA) is 41.3 Å². The highest BCUT2D eigenvalue weighted by molar-refractivity contribution is 8.00. The Hall–Kier alpha value is -0.970. The number of hydrogen-bond acceptors (Lipinski definition) is 4. The van der Waals surface area contributed by atoms with Gasteiger partial charge in [-0.1, -0.05) is 41.8 Å². The van der Waals surface area contributed by atoms with Crippen LogP contribution in [0.25, 0.3) is 0 Å². The number of nitrogens with zero attached hydrogens (tertiary/aromatic N) is 1. The van der Waals surface area contributed by atoms with Crippen LogP contribution >= 0.6 is 11.9 Å². The molecule has 1 aromatic rings. The Labute approximate surface area is 94.4 Å². The molecule has 80 valence electrons. The predicted molar refractivity (Wildman–Crippen MR) is 64.3 cm³/mol. The van der Waals surface area contributed by atoms with Gasteiger partial charge in [-0.05, 0) is 29.9 Å². The lowest BCUT2D eigenvalue weighted by molar-refractivity contribution is 0.440. The Morgan fingerprint density at radius 1 is 1.40 bits per heavy atom. The van der Waals surface area contributed by atoms with Gasteiger partial charge in [-0.2, -0.15) is 0 Å². The molecule has 1 aromatic carbocycles. The molecule has 0 fully saturated rings. The Morgan fingerprint density at radius 3 is 2.73 bits per heavy atom. The first-order chi connectivity index (χ1) is 7.25. The van der Waals surface area contributed by atoms with Crippen molar-refractivity contribution in [1.82, 2.24) is 9.95 Å². The van der Waals surface area contributed by atoms with E-state index in [4.69, 9.17) is 5.84 Å². The maximum absolute atomic E-state index is 5.57. The van der Waals surface area contributed by atoms with Crippen molar-refractivity contribution in [2.75, 3.05) is 0 Å². The fourth-order valence-corrected chi connectivity index (χ4v) is 2.40. The number of nitrogens with two attached hydrogens (primary N) is 1. The van der Waals surface area contributed by atoms with Gasteiger partial charge in [0.2, 0.25) is 0 Å². The second kappa shape index (κ2) is 4.70. The molecular formula is C11H15N3S. The lowest BCUT2D eigenvalue weighted by Crippen LogP contribution is -2.30. The Balaban J connectivity index is 1.96. The van der Waals surface area contributed by atoms with Crippen LogP contribution in [-0.4, -0.2) is 4.52 Å². The molecule has 0 radical (unpaired) electrons. The first-order valence-corrected chi connectivity index (χ1v) is 5.76. The van der Waals surface area contributed by atoms with Crippen molar-refractivity contribution in [3.8, 4) is 0 Å². The number of rotatable bonds is 3. The third-order valence-electron chi connectivity index (χ3n) is 2.44. The summed E-state index contributed by atoms with van der Waals surface area (Å²) in [6, 6.07) is 10.5. The van der Waals surface area contributed by atoms with Gasteiger partial charge in [-0.25, -0.2) is 5.84 Å². The summed E-state index contributed by atoms with van der Waals surface area (Å²) in [4.78, 5) is 1.27. The van der Waals surface area contributed by atoms with Gasteiger partial charge in [-0.3, -0.25) is 0 Å². The highest BCUT2D eigenvalue weighted by Gasteiger charge is 2.15. The van der Waals surface area contributed by atoms with Gasteiger partial charge >= 0.3 is 0 Å². The number of allylic oxidation sites excluding steroid dienone is 1. The molecule has 4 heteroatoms. The Morgan fingerprint density at radius 2 is 2.13 bits per heavy atom. The van der Waals surface area contributed by atoms with Gasteiger partial charge in [0, 0.05) is 11.1 Å². The molecule has 0 aliphatic carbocycles. The van der Waals surface area contributed by atoms with Crippen LogP contribution < -0.4 is 11.3 Å². The van der Waals surface area contributed by atoms with Crippen molar-refractivity contribution in [2.24, 2.45) is 5.84 Å². The van der Waals surface area contributed by atoms with E-state index in [1.165, 1.54) is 15.0 Å². The lowest BCUT2D eigenvalue weighted by Gasteiger charge is -2.12. The summed E-state index contributed by atoms with van der Waals surface area (Å²) in [5.74, 6) is 6.10. The van der Waals surface area contributed by atoms with E-state index in [2.05, 4.69) is 36.6 Å². The molecule has 1 aliphatic rings. The summed E-state index contributed by atoms with van der Waals surface area (Å²) < 4.78 is 1.52. The van der Waals surface area contributed by atoms with E-state index in [1.54, 1.807) is 11.9 Å². The molecule has 1 atom stereocenters. The van der Waals surface area contributed by atoms with E-state index in [-0.39, 0.29) is 0 Å². The zero-order valence-corrected chi connectivity index (χ0v) is 9.50. The summed E-state index contributed by atoms with van der Waals surface area (Å²) >= 11 is 1.55. The van der Waals surface area contributed by atoms with Gasteiger partial charge in [-0.15, -0.1) is 0 Å². The molecule has 1 unspecified atom stereocenters. The largest absolute Gasteiger partial charge is 0.302 e. The van der Waals surface area contributed by atoms with Crippen molar-refractivity contribution >= 4 is 11.9 Å². The maximum atomic E-state index is 5.57. The van der Waals surface area contributed by atoms with E-state index in [9.17, 15) is 0 Å². The Kier molecular flexibility index (Phi) is 3.30. The molecule has 3 N–H and O–H groups in total. The van der Waals surface area contributed by atoms with Crippen LogP contribution in [0.15, 0.2) is 41.4 Å². The SMILES string of the molecule is CC(CC1=CNN(N)S1)c1ccccc1. The van der Waals surface area contributed by atoms with E-state index < -0.39 is 0 Å². The fraction of sp³-hybridized carbons (Fsp3) is 0.273. The van der Waals surface area contributed by atoms with Gasteiger partial charge < -0.3 is 5.43 Å². The molecule has 15 heavy (non-hydrogen) atoms. The van der Waals surface area contributed by atoms with Crippen LogP contribution in [0.4, 0.5) is 0 Å². The van der Waals surface area contributed by atoms with Crippen molar-refractivity contribution in [1.29, 1.82) is 0 Å². The van der Waals surface area contributed by atoms with Crippen molar-refractivity contribution < 1.29 is 0 Å². The first-order valence-electron chi connectivity index (χ1n) is 4.98. The Bertz CT molecular complexity index is 350. The standard InChI is InChI=1S/C11H15N3S/c1-9(10-5-3-2-4-6-10)7-11-8-13-14(12)15-11/h2-6,8-9,13H,7,12H2,1H3. The minimum absolute atomic E-state index is 0.526. The molecule has 1 heterocycles. The van der Waals surface area contributed by atoms with Gasteiger partial charge in [0.15, 0.2) is 0 Å². The van der Waals surface area contributed by atoms with Gasteiger partial charge in [0.05, 0.1) is 0 Å². The third kappa shape index (κ3) is 2.75. The summed E-state index contributed by atoms with van der Waals surface area (Å²) in [6.07, 6.45) is 2.99. The number of hydrogen-bond donors (Lipinski definition) is 2. The minimum Gasteiger partial charge on any atom is -0.302 e. The monoisotopic (exact) mass is 221 g/mol. The summed E-state index contributed by atoms with van der Waals surface area (Å²) in [5.41, 5.74) is 4.31. The average Bonchev–Trinajstić information content (AvgIpc) is 2.65. The zero-order valence-electron chi connectivity index (χ0n) is 8.68. The summed E-state index contributed by atoms with van der Waals surface area (Å²) in [7, 11) is 0. The molecular weight excluding hydrogens is 206 g/mol. The fourth-order valence-electron chi connectivity index (χ4n) is 1.61. The van der Waals surface area contributed by atoms with Crippen LogP contribution in [0, 0.1) is 0 Å². The van der Waals surface area contributed by atoms with E-state index >= 15 is 0 Å². The quantitative estimate of drug-likeness (QED) is 0.607. The van der Waals surface area contributed by atoms with Crippen molar-refractivity contribution in [3.05, 3.63) is 47.0 Å².